The first kappa shape index (κ1) is 60.8. The molecule has 0 spiro atoms. The Labute approximate surface area is 388 Å². The van der Waals surface area contributed by atoms with Gasteiger partial charge in [0.15, 0.2) is 0 Å². The number of hydrogen-bond acceptors (Lipinski definition) is 7. The average Bonchev–Trinajstić information content (AvgIpc) is 3.27. The Hall–Kier alpha value is -1.18. The van der Waals surface area contributed by atoms with E-state index in [1.54, 1.807) is 0 Å². The van der Waals surface area contributed by atoms with E-state index in [2.05, 4.69) is 49.4 Å². The lowest BCUT2D eigenvalue weighted by Gasteiger charge is -2.22. The van der Waals surface area contributed by atoms with Gasteiger partial charge in [0.05, 0.1) is 26.1 Å². The van der Waals surface area contributed by atoms with Crippen molar-refractivity contribution in [1.29, 1.82) is 0 Å². The van der Waals surface area contributed by atoms with Crippen molar-refractivity contribution in [2.75, 3.05) is 72.6 Å². The maximum absolute atomic E-state index is 12.7. The Bertz CT molecular complexity index is 794. The summed E-state index contributed by atoms with van der Waals surface area (Å²) in [4.78, 5) is 32.8. The summed E-state index contributed by atoms with van der Waals surface area (Å²) in [6, 6.07) is 0. The minimum absolute atomic E-state index is 0.0375. The molecule has 62 heavy (non-hydrogen) atoms. The highest BCUT2D eigenvalue weighted by Crippen LogP contribution is 2.14. The minimum Gasteiger partial charge on any atom is -0.466 e. The van der Waals surface area contributed by atoms with E-state index in [9.17, 15) is 9.59 Å². The zero-order valence-corrected chi connectivity index (χ0v) is 42.9. The molecule has 0 heterocycles. The van der Waals surface area contributed by atoms with Crippen LogP contribution in [0.3, 0.4) is 0 Å². The molecule has 0 aromatic heterocycles. The van der Waals surface area contributed by atoms with Gasteiger partial charge >= 0.3 is 11.9 Å². The van der Waals surface area contributed by atoms with E-state index in [0.29, 0.717) is 26.1 Å². The first-order valence-electron chi connectivity index (χ1n) is 27.9. The molecule has 0 aliphatic heterocycles. The fraction of sp³-hybridized carbons (Fsp3) is 0.964. The van der Waals surface area contributed by atoms with Gasteiger partial charge in [0, 0.05) is 13.1 Å². The molecule has 0 rings (SSSR count). The largest absolute Gasteiger partial charge is 0.466 e. The van der Waals surface area contributed by atoms with E-state index in [0.717, 1.165) is 78.0 Å². The van der Waals surface area contributed by atoms with Gasteiger partial charge in [0.25, 0.3) is 0 Å². The molecule has 7 heteroatoms. The molecular formula is C55H111N3O4. The van der Waals surface area contributed by atoms with E-state index in [4.69, 9.17) is 9.47 Å². The summed E-state index contributed by atoms with van der Waals surface area (Å²) in [6.07, 6.45) is 47.8. The number of ether oxygens (including phenoxy) is 2. The van der Waals surface area contributed by atoms with Crippen LogP contribution in [-0.4, -0.2) is 99.3 Å². The maximum atomic E-state index is 12.7. The van der Waals surface area contributed by atoms with Crippen LogP contribution in [0.4, 0.5) is 0 Å². The van der Waals surface area contributed by atoms with Crippen molar-refractivity contribution >= 4 is 11.9 Å². The highest BCUT2D eigenvalue weighted by atomic mass is 16.5. The zero-order chi connectivity index (χ0) is 45.2. The number of unbranched alkanes of at least 4 members (excludes halogenated alkanes) is 30. The molecule has 0 amide bonds. The molecule has 0 radical (unpaired) electrons. The summed E-state index contributed by atoms with van der Waals surface area (Å²) >= 11 is 0. The zero-order valence-electron chi connectivity index (χ0n) is 42.9. The summed E-state index contributed by atoms with van der Waals surface area (Å²) in [6.45, 7) is 18.3. The van der Waals surface area contributed by atoms with Crippen molar-refractivity contribution in [1.82, 2.24) is 14.7 Å². The van der Waals surface area contributed by atoms with E-state index < -0.39 is 0 Å². The third-order valence-corrected chi connectivity index (χ3v) is 13.0. The third-order valence-electron chi connectivity index (χ3n) is 13.0. The molecule has 0 atom stereocenters. The molecule has 0 fully saturated rings. The van der Waals surface area contributed by atoms with Crippen LogP contribution in [0.1, 0.15) is 272 Å². The quantitative estimate of drug-likeness (QED) is 0.0445. The number of rotatable bonds is 52. The Morgan fingerprint density at radius 3 is 0.774 bits per heavy atom. The molecule has 0 saturated heterocycles. The molecule has 0 N–H and O–H groups in total. The standard InChI is InChI=1S/C55H111N3O4/c1-6-10-14-18-22-26-30-34-46-57(47-35-31-27-23-19-15-11-7-2)50-42-54(59)61-52-40-38-44-56(5)45-39-41-53-62-55(60)43-51-58(48-36-32-28-24-20-16-12-8-3)49-37-33-29-25-21-17-13-9-4/h6-53H2,1-5H3. The van der Waals surface area contributed by atoms with Gasteiger partial charge in [0.1, 0.15) is 0 Å². The van der Waals surface area contributed by atoms with E-state index in [1.165, 1.54) is 205 Å². The molecule has 0 aromatic carbocycles. The molecule has 0 unspecified atom stereocenters. The van der Waals surface area contributed by atoms with E-state index >= 15 is 0 Å². The van der Waals surface area contributed by atoms with E-state index in [-0.39, 0.29) is 11.9 Å². The Morgan fingerprint density at radius 2 is 0.516 bits per heavy atom. The Balaban J connectivity index is 4.23. The molecule has 0 aliphatic carbocycles. The van der Waals surface area contributed by atoms with Crippen molar-refractivity contribution in [3.05, 3.63) is 0 Å². The SMILES string of the molecule is CCCCCCCCCCN(CCCCCCCCCC)CCC(=O)OCCCCN(C)CCCCOC(=O)CCN(CCCCCCCCCC)CCCCCCCCCC. The molecule has 0 aliphatic rings. The van der Waals surface area contributed by atoms with Crippen LogP contribution >= 0.6 is 0 Å². The number of nitrogens with zero attached hydrogens (tertiary/aromatic N) is 3. The fourth-order valence-electron chi connectivity index (χ4n) is 8.64. The summed E-state index contributed by atoms with van der Waals surface area (Å²) < 4.78 is 11.4. The maximum Gasteiger partial charge on any atom is 0.307 e. The first-order valence-corrected chi connectivity index (χ1v) is 27.9. The van der Waals surface area contributed by atoms with Crippen molar-refractivity contribution in [2.24, 2.45) is 0 Å². The minimum atomic E-state index is -0.0375. The monoisotopic (exact) mass is 878 g/mol. The molecule has 0 aromatic rings. The Morgan fingerprint density at radius 1 is 0.290 bits per heavy atom. The van der Waals surface area contributed by atoms with Crippen LogP contribution in [0.2, 0.25) is 0 Å². The second-order valence-electron chi connectivity index (χ2n) is 19.2. The van der Waals surface area contributed by atoms with Gasteiger partial charge in [-0.1, -0.05) is 207 Å². The van der Waals surface area contributed by atoms with E-state index in [1.807, 2.05) is 0 Å². The number of carbonyl (C=O) groups is 2. The lowest BCUT2D eigenvalue weighted by Crippen LogP contribution is -2.29. The van der Waals surface area contributed by atoms with Gasteiger partial charge < -0.3 is 24.2 Å². The van der Waals surface area contributed by atoms with Crippen LogP contribution in [0, 0.1) is 0 Å². The van der Waals surface area contributed by atoms with Crippen molar-refractivity contribution in [3.8, 4) is 0 Å². The number of esters is 2. The predicted molar refractivity (Wildman–Crippen MR) is 270 cm³/mol. The lowest BCUT2D eigenvalue weighted by molar-refractivity contribution is -0.145. The van der Waals surface area contributed by atoms with Gasteiger partial charge in [-0.25, -0.2) is 0 Å². The second kappa shape index (κ2) is 50.8. The van der Waals surface area contributed by atoms with Crippen molar-refractivity contribution in [2.45, 2.75) is 272 Å². The highest BCUT2D eigenvalue weighted by molar-refractivity contribution is 5.69. The van der Waals surface area contributed by atoms with Crippen LogP contribution in [0.25, 0.3) is 0 Å². The van der Waals surface area contributed by atoms with Gasteiger partial charge in [0.2, 0.25) is 0 Å². The summed E-state index contributed by atoms with van der Waals surface area (Å²) in [5, 5.41) is 0. The van der Waals surface area contributed by atoms with Crippen LogP contribution < -0.4 is 0 Å². The highest BCUT2D eigenvalue weighted by Gasteiger charge is 2.12. The molecule has 0 saturated carbocycles. The smallest absolute Gasteiger partial charge is 0.307 e. The van der Waals surface area contributed by atoms with Crippen LogP contribution in [0.15, 0.2) is 0 Å². The van der Waals surface area contributed by atoms with Gasteiger partial charge in [-0.3, -0.25) is 9.59 Å². The third kappa shape index (κ3) is 46.8. The number of hydrogen-bond donors (Lipinski definition) is 0. The fourth-order valence-corrected chi connectivity index (χ4v) is 8.64. The lowest BCUT2D eigenvalue weighted by atomic mass is 10.1. The molecule has 7 nitrogen and oxygen atoms in total. The molecule has 370 valence electrons. The second-order valence-corrected chi connectivity index (χ2v) is 19.2. The van der Waals surface area contributed by atoms with Crippen molar-refractivity contribution < 1.29 is 19.1 Å². The predicted octanol–water partition coefficient (Wildman–Crippen LogP) is 15.5. The van der Waals surface area contributed by atoms with Crippen LogP contribution in [-0.2, 0) is 19.1 Å². The molecule has 0 bridgehead atoms. The first-order chi connectivity index (χ1) is 30.5. The van der Waals surface area contributed by atoms with Gasteiger partial charge in [-0.05, 0) is 97.7 Å². The summed E-state index contributed by atoms with van der Waals surface area (Å²) in [5.74, 6) is -0.0751. The number of carbonyl (C=O) groups excluding carboxylic acids is 2. The van der Waals surface area contributed by atoms with Crippen molar-refractivity contribution in [3.63, 3.8) is 0 Å². The summed E-state index contributed by atoms with van der Waals surface area (Å²) in [5.41, 5.74) is 0. The average molecular weight is 879 g/mol. The van der Waals surface area contributed by atoms with Gasteiger partial charge in [-0.2, -0.15) is 0 Å². The topological polar surface area (TPSA) is 62.3 Å². The van der Waals surface area contributed by atoms with Crippen LogP contribution in [0.5, 0.6) is 0 Å². The Kier molecular flexibility index (Phi) is 49.8. The van der Waals surface area contributed by atoms with Gasteiger partial charge in [-0.15, -0.1) is 0 Å². The normalized spacial score (nSPS) is 11.7. The summed E-state index contributed by atoms with van der Waals surface area (Å²) in [7, 11) is 2.17. The molecular weight excluding hydrogens is 767 g/mol.